The third kappa shape index (κ3) is 3.42. The Balaban J connectivity index is 1.87. The molecule has 1 amide bonds. The standard InChI is InChI=1S/C17H18N2O3S2/c1-11-18-13(10-24-11)9-16-19(6-7-23-16)17(20)12-4-5-14(21-2)15(8-12)22-3/h4-5,8-10H,6-7H2,1-3H3/b16-9+. The molecule has 2 heterocycles. The summed E-state index contributed by atoms with van der Waals surface area (Å²) in [5.41, 5.74) is 1.47. The van der Waals surface area contributed by atoms with Gasteiger partial charge in [-0.05, 0) is 31.2 Å². The van der Waals surface area contributed by atoms with Crippen LogP contribution in [0.5, 0.6) is 11.5 Å². The molecule has 1 fully saturated rings. The zero-order valence-electron chi connectivity index (χ0n) is 13.7. The Hall–Kier alpha value is -1.99. The first-order valence-corrected chi connectivity index (χ1v) is 9.29. The van der Waals surface area contributed by atoms with E-state index in [-0.39, 0.29) is 5.91 Å². The molecule has 0 N–H and O–H groups in total. The number of aryl methyl sites for hydroxylation is 1. The molecule has 0 unspecified atom stereocenters. The second-order valence-electron chi connectivity index (χ2n) is 5.15. The number of thioether (sulfide) groups is 1. The van der Waals surface area contributed by atoms with E-state index in [0.717, 1.165) is 21.5 Å². The number of methoxy groups -OCH3 is 2. The number of benzene rings is 1. The van der Waals surface area contributed by atoms with Crippen molar-refractivity contribution in [1.82, 2.24) is 9.88 Å². The van der Waals surface area contributed by atoms with Crippen LogP contribution in [0.1, 0.15) is 21.1 Å². The highest BCUT2D eigenvalue weighted by atomic mass is 32.2. The third-order valence-electron chi connectivity index (χ3n) is 3.61. The highest BCUT2D eigenvalue weighted by Gasteiger charge is 2.26. The number of amides is 1. The molecule has 1 aliphatic heterocycles. The lowest BCUT2D eigenvalue weighted by atomic mass is 10.1. The Morgan fingerprint density at radius 1 is 1.29 bits per heavy atom. The van der Waals surface area contributed by atoms with Gasteiger partial charge in [-0.1, -0.05) is 0 Å². The number of carbonyl (C=O) groups is 1. The summed E-state index contributed by atoms with van der Waals surface area (Å²) in [6, 6.07) is 5.23. The van der Waals surface area contributed by atoms with Crippen LogP contribution in [0.4, 0.5) is 0 Å². The molecule has 0 radical (unpaired) electrons. The highest BCUT2D eigenvalue weighted by Crippen LogP contribution is 2.33. The van der Waals surface area contributed by atoms with E-state index in [1.54, 1.807) is 60.4 Å². The van der Waals surface area contributed by atoms with Crippen molar-refractivity contribution in [1.29, 1.82) is 0 Å². The van der Waals surface area contributed by atoms with Gasteiger partial charge in [-0.25, -0.2) is 4.98 Å². The summed E-state index contributed by atoms with van der Waals surface area (Å²) in [7, 11) is 3.14. The maximum absolute atomic E-state index is 12.9. The Labute approximate surface area is 149 Å². The smallest absolute Gasteiger partial charge is 0.258 e. The molecule has 2 aromatic rings. The van der Waals surface area contributed by atoms with Gasteiger partial charge in [-0.15, -0.1) is 23.1 Å². The number of nitrogens with zero attached hydrogens (tertiary/aromatic N) is 2. The lowest BCUT2D eigenvalue weighted by molar-refractivity contribution is 0.0830. The van der Waals surface area contributed by atoms with Crippen LogP contribution in [0.3, 0.4) is 0 Å². The molecule has 126 valence electrons. The number of rotatable bonds is 4. The van der Waals surface area contributed by atoms with Crippen LogP contribution in [-0.2, 0) is 0 Å². The zero-order chi connectivity index (χ0) is 17.1. The number of thiazole rings is 1. The first-order valence-electron chi connectivity index (χ1n) is 7.43. The van der Waals surface area contributed by atoms with Crippen LogP contribution < -0.4 is 9.47 Å². The summed E-state index contributed by atoms with van der Waals surface area (Å²) in [6.45, 7) is 2.66. The average molecular weight is 362 g/mol. The fourth-order valence-electron chi connectivity index (χ4n) is 2.45. The maximum atomic E-state index is 12.9. The number of hydrogen-bond acceptors (Lipinski definition) is 6. The molecule has 7 heteroatoms. The average Bonchev–Trinajstić information content (AvgIpc) is 3.22. The van der Waals surface area contributed by atoms with Gasteiger partial charge in [0, 0.05) is 23.2 Å². The molecule has 1 aliphatic rings. The predicted molar refractivity (Wildman–Crippen MR) is 97.9 cm³/mol. The van der Waals surface area contributed by atoms with E-state index >= 15 is 0 Å². The molecule has 0 spiro atoms. The highest BCUT2D eigenvalue weighted by molar-refractivity contribution is 8.03. The minimum Gasteiger partial charge on any atom is -0.493 e. The van der Waals surface area contributed by atoms with E-state index in [1.165, 1.54) is 0 Å². The predicted octanol–water partition coefficient (Wildman–Crippen LogP) is 3.66. The van der Waals surface area contributed by atoms with E-state index in [9.17, 15) is 4.79 Å². The van der Waals surface area contributed by atoms with Gasteiger partial charge in [0.25, 0.3) is 5.91 Å². The van der Waals surface area contributed by atoms with Gasteiger partial charge >= 0.3 is 0 Å². The summed E-state index contributed by atoms with van der Waals surface area (Å²) in [5.74, 6) is 2.00. The van der Waals surface area contributed by atoms with Crippen molar-refractivity contribution >= 4 is 35.1 Å². The summed E-state index contributed by atoms with van der Waals surface area (Å²) in [6.07, 6.45) is 1.97. The molecule has 5 nitrogen and oxygen atoms in total. The normalized spacial score (nSPS) is 15.8. The summed E-state index contributed by atoms with van der Waals surface area (Å²) in [4.78, 5) is 19.1. The monoisotopic (exact) mass is 362 g/mol. The van der Waals surface area contributed by atoms with Crippen LogP contribution >= 0.6 is 23.1 Å². The topological polar surface area (TPSA) is 51.7 Å². The van der Waals surface area contributed by atoms with Crippen molar-refractivity contribution in [2.45, 2.75) is 6.92 Å². The summed E-state index contributed by atoms with van der Waals surface area (Å²) < 4.78 is 10.5. The molecule has 24 heavy (non-hydrogen) atoms. The first kappa shape index (κ1) is 16.9. The van der Waals surface area contributed by atoms with E-state index in [4.69, 9.17) is 9.47 Å². The van der Waals surface area contributed by atoms with Gasteiger partial charge in [-0.3, -0.25) is 4.79 Å². The Morgan fingerprint density at radius 2 is 2.08 bits per heavy atom. The Kier molecular flexibility index (Phi) is 5.11. The van der Waals surface area contributed by atoms with Crippen LogP contribution in [-0.4, -0.2) is 42.3 Å². The fourth-order valence-corrected chi connectivity index (χ4v) is 4.04. The molecule has 0 bridgehead atoms. The second kappa shape index (κ2) is 7.27. The molecule has 1 saturated heterocycles. The molecule has 1 aromatic heterocycles. The lowest BCUT2D eigenvalue weighted by Gasteiger charge is -2.18. The second-order valence-corrected chi connectivity index (χ2v) is 7.33. The molecule has 1 aromatic carbocycles. The molecular weight excluding hydrogens is 344 g/mol. The SMILES string of the molecule is COc1ccc(C(=O)N2CCS/C2=C/c2csc(C)n2)cc1OC. The van der Waals surface area contributed by atoms with E-state index in [0.29, 0.717) is 23.6 Å². The summed E-state index contributed by atoms with van der Waals surface area (Å²) >= 11 is 3.27. The molecule has 3 rings (SSSR count). The number of carbonyl (C=O) groups excluding carboxylic acids is 1. The number of hydrogen-bond donors (Lipinski definition) is 0. The van der Waals surface area contributed by atoms with Gasteiger partial charge in [-0.2, -0.15) is 0 Å². The van der Waals surface area contributed by atoms with E-state index in [1.807, 2.05) is 18.4 Å². The van der Waals surface area contributed by atoms with E-state index in [2.05, 4.69) is 4.98 Å². The number of aromatic nitrogens is 1. The lowest BCUT2D eigenvalue weighted by Crippen LogP contribution is -2.26. The molecule has 0 atom stereocenters. The number of ether oxygens (including phenoxy) is 2. The van der Waals surface area contributed by atoms with Crippen molar-refractivity contribution < 1.29 is 14.3 Å². The van der Waals surface area contributed by atoms with Crippen molar-refractivity contribution in [3.8, 4) is 11.5 Å². The van der Waals surface area contributed by atoms with Crippen molar-refractivity contribution in [2.24, 2.45) is 0 Å². The van der Waals surface area contributed by atoms with E-state index < -0.39 is 0 Å². The molecule has 0 saturated carbocycles. The van der Waals surface area contributed by atoms with Crippen LogP contribution in [0.25, 0.3) is 6.08 Å². The third-order valence-corrected chi connectivity index (χ3v) is 5.43. The first-order chi connectivity index (χ1) is 11.6. The molecular formula is C17H18N2O3S2. The van der Waals surface area contributed by atoms with Gasteiger partial charge in [0.1, 0.15) is 0 Å². The summed E-state index contributed by atoms with van der Waals surface area (Å²) in [5, 5.41) is 3.95. The molecule has 0 aliphatic carbocycles. The quantitative estimate of drug-likeness (QED) is 0.831. The maximum Gasteiger partial charge on any atom is 0.258 e. The fraction of sp³-hybridized carbons (Fsp3) is 0.294. The van der Waals surface area contributed by atoms with Gasteiger partial charge in [0.05, 0.1) is 30.0 Å². The largest absolute Gasteiger partial charge is 0.493 e. The van der Waals surface area contributed by atoms with Crippen molar-refractivity contribution in [3.05, 3.63) is 44.9 Å². The van der Waals surface area contributed by atoms with Crippen molar-refractivity contribution in [2.75, 3.05) is 26.5 Å². The van der Waals surface area contributed by atoms with Crippen LogP contribution in [0, 0.1) is 6.92 Å². The van der Waals surface area contributed by atoms with Gasteiger partial charge in [0.2, 0.25) is 0 Å². The van der Waals surface area contributed by atoms with Crippen LogP contribution in [0.15, 0.2) is 28.6 Å². The Bertz CT molecular complexity index is 786. The van der Waals surface area contributed by atoms with Gasteiger partial charge in [0.15, 0.2) is 11.5 Å². The van der Waals surface area contributed by atoms with Crippen molar-refractivity contribution in [3.63, 3.8) is 0 Å². The van der Waals surface area contributed by atoms with Gasteiger partial charge < -0.3 is 14.4 Å². The Morgan fingerprint density at radius 3 is 2.75 bits per heavy atom. The minimum atomic E-state index is -0.0424. The van der Waals surface area contributed by atoms with Crippen LogP contribution in [0.2, 0.25) is 0 Å². The zero-order valence-corrected chi connectivity index (χ0v) is 15.4. The minimum absolute atomic E-state index is 0.0424.